The summed E-state index contributed by atoms with van der Waals surface area (Å²) in [7, 11) is 0. The number of pyridine rings is 1. The van der Waals surface area contributed by atoms with Crippen molar-refractivity contribution in [1.82, 2.24) is 19.4 Å². The van der Waals surface area contributed by atoms with Gasteiger partial charge in [0.1, 0.15) is 12.1 Å². The molecule has 1 aliphatic rings. The maximum Gasteiger partial charge on any atom is 0.236 e. The second-order valence-corrected chi connectivity index (χ2v) is 6.53. The first-order valence-corrected chi connectivity index (χ1v) is 8.26. The molecule has 4 heterocycles. The monoisotopic (exact) mass is 321 g/mol. The topological polar surface area (TPSA) is 77.7 Å². The number of fused-ring (bicyclic) bond motifs is 3. The van der Waals surface area contributed by atoms with E-state index >= 15 is 0 Å². The van der Waals surface area contributed by atoms with Crippen LogP contribution in [0.5, 0.6) is 0 Å². The maximum atomic E-state index is 12.1. The number of piperidine rings is 1. The number of hydrogen-bond acceptors (Lipinski definition) is 3. The number of nitriles is 1. The van der Waals surface area contributed by atoms with E-state index in [1.54, 1.807) is 0 Å². The minimum absolute atomic E-state index is 0.0422. The SMILES string of the molecule is C[C@@H]1CCN(C(=O)CC#N)C[C@@H]1n1ccc2cnc3[nH]ccc3c21. The molecule has 0 radical (unpaired) electrons. The number of H-pyrrole nitrogens is 1. The Morgan fingerprint density at radius 1 is 1.50 bits per heavy atom. The first kappa shape index (κ1) is 14.8. The summed E-state index contributed by atoms with van der Waals surface area (Å²) in [5.74, 6) is 0.396. The van der Waals surface area contributed by atoms with Crippen LogP contribution >= 0.6 is 0 Å². The van der Waals surface area contributed by atoms with Gasteiger partial charge in [-0.2, -0.15) is 5.26 Å². The molecule has 0 aliphatic carbocycles. The van der Waals surface area contributed by atoms with Gasteiger partial charge in [-0.1, -0.05) is 6.92 Å². The second-order valence-electron chi connectivity index (χ2n) is 6.53. The standard InChI is InChI=1S/C18H19N5O/c1-12-4-8-22(16(24)2-6-19)11-15(12)23-9-5-13-10-21-18-14(17(13)23)3-7-20-18/h3,5,7,9-10,12,15H,2,4,8,11H2,1H3,(H,20,21)/t12-,15+/m1/s1. The number of aromatic amines is 1. The summed E-state index contributed by atoms with van der Waals surface area (Å²) in [4.78, 5) is 21.6. The minimum atomic E-state index is -0.0701. The first-order chi connectivity index (χ1) is 11.7. The Balaban J connectivity index is 1.76. The van der Waals surface area contributed by atoms with Crippen LogP contribution in [0, 0.1) is 17.2 Å². The molecule has 0 aromatic carbocycles. The van der Waals surface area contributed by atoms with Crippen LogP contribution in [0.3, 0.4) is 0 Å². The van der Waals surface area contributed by atoms with Crippen LogP contribution < -0.4 is 0 Å². The summed E-state index contributed by atoms with van der Waals surface area (Å²) in [5, 5.41) is 11.0. The van der Waals surface area contributed by atoms with Gasteiger partial charge in [-0.25, -0.2) is 4.98 Å². The van der Waals surface area contributed by atoms with E-state index < -0.39 is 0 Å². The summed E-state index contributed by atoms with van der Waals surface area (Å²) >= 11 is 0. The molecule has 1 fully saturated rings. The average molecular weight is 321 g/mol. The van der Waals surface area contributed by atoms with Crippen molar-refractivity contribution in [2.45, 2.75) is 25.8 Å². The van der Waals surface area contributed by atoms with E-state index in [0.29, 0.717) is 12.5 Å². The number of aromatic nitrogens is 3. The van der Waals surface area contributed by atoms with Crippen molar-refractivity contribution in [1.29, 1.82) is 5.26 Å². The van der Waals surface area contributed by atoms with Crippen LogP contribution in [0.15, 0.2) is 30.7 Å². The average Bonchev–Trinajstić information content (AvgIpc) is 3.21. The van der Waals surface area contributed by atoms with Crippen molar-refractivity contribution in [3.8, 4) is 6.07 Å². The summed E-state index contributed by atoms with van der Waals surface area (Å²) < 4.78 is 2.28. The molecular formula is C18H19N5O. The third kappa shape index (κ3) is 2.24. The molecule has 122 valence electrons. The van der Waals surface area contributed by atoms with Gasteiger partial charge in [-0.05, 0) is 24.5 Å². The van der Waals surface area contributed by atoms with Crippen molar-refractivity contribution < 1.29 is 4.79 Å². The Hall–Kier alpha value is -2.81. The number of hydrogen-bond donors (Lipinski definition) is 1. The molecule has 6 nitrogen and oxygen atoms in total. The van der Waals surface area contributed by atoms with Gasteiger partial charge in [-0.3, -0.25) is 4.79 Å². The molecule has 2 atom stereocenters. The predicted molar refractivity (Wildman–Crippen MR) is 91.2 cm³/mol. The molecule has 1 amide bonds. The third-order valence-electron chi connectivity index (χ3n) is 5.12. The van der Waals surface area contributed by atoms with Crippen molar-refractivity contribution in [3.05, 3.63) is 30.7 Å². The van der Waals surface area contributed by atoms with Crippen molar-refractivity contribution in [2.75, 3.05) is 13.1 Å². The third-order valence-corrected chi connectivity index (χ3v) is 5.12. The fourth-order valence-corrected chi connectivity index (χ4v) is 3.75. The summed E-state index contributed by atoms with van der Waals surface area (Å²) in [6.45, 7) is 3.62. The van der Waals surface area contributed by atoms with E-state index in [0.717, 1.165) is 34.9 Å². The zero-order valence-corrected chi connectivity index (χ0v) is 13.6. The van der Waals surface area contributed by atoms with Gasteiger partial charge in [0.2, 0.25) is 5.91 Å². The van der Waals surface area contributed by atoms with E-state index in [9.17, 15) is 4.79 Å². The highest BCUT2D eigenvalue weighted by Crippen LogP contribution is 2.33. The predicted octanol–water partition coefficient (Wildman–Crippen LogP) is 2.84. The van der Waals surface area contributed by atoms with Gasteiger partial charge in [0.25, 0.3) is 0 Å². The molecule has 1 N–H and O–H groups in total. The molecule has 4 rings (SSSR count). The Bertz CT molecular complexity index is 947. The fourth-order valence-electron chi connectivity index (χ4n) is 3.75. The van der Waals surface area contributed by atoms with E-state index in [1.807, 2.05) is 29.4 Å². The molecule has 3 aromatic heterocycles. The summed E-state index contributed by atoms with van der Waals surface area (Å²) in [5.41, 5.74) is 2.04. The normalized spacial score (nSPS) is 21.2. The molecule has 0 bridgehead atoms. The first-order valence-electron chi connectivity index (χ1n) is 8.26. The number of nitrogens with zero attached hydrogens (tertiary/aromatic N) is 4. The number of nitrogens with one attached hydrogen (secondary N) is 1. The van der Waals surface area contributed by atoms with E-state index in [1.165, 1.54) is 0 Å². The Morgan fingerprint density at radius 2 is 2.38 bits per heavy atom. The van der Waals surface area contributed by atoms with Crippen molar-refractivity contribution >= 4 is 27.8 Å². The van der Waals surface area contributed by atoms with E-state index in [2.05, 4.69) is 33.7 Å². The van der Waals surface area contributed by atoms with Gasteiger partial charge < -0.3 is 14.5 Å². The highest BCUT2D eigenvalue weighted by Gasteiger charge is 2.30. The molecule has 0 saturated carbocycles. The molecule has 6 heteroatoms. The second kappa shape index (κ2) is 5.68. The summed E-state index contributed by atoms with van der Waals surface area (Å²) in [6.07, 6.45) is 6.79. The Morgan fingerprint density at radius 3 is 3.21 bits per heavy atom. The highest BCUT2D eigenvalue weighted by molar-refractivity contribution is 6.02. The van der Waals surface area contributed by atoms with Gasteiger partial charge in [0.15, 0.2) is 0 Å². The van der Waals surface area contributed by atoms with Crippen LogP contribution in [-0.4, -0.2) is 38.4 Å². The van der Waals surface area contributed by atoms with E-state index in [4.69, 9.17) is 5.26 Å². The van der Waals surface area contributed by atoms with E-state index in [-0.39, 0.29) is 18.4 Å². The van der Waals surface area contributed by atoms with Gasteiger partial charge in [-0.15, -0.1) is 0 Å². The fraction of sp³-hybridized carbons (Fsp3) is 0.389. The number of rotatable bonds is 2. The molecule has 1 saturated heterocycles. The van der Waals surface area contributed by atoms with Crippen LogP contribution in [0.25, 0.3) is 21.9 Å². The van der Waals surface area contributed by atoms with Crippen LogP contribution in [-0.2, 0) is 4.79 Å². The molecule has 3 aromatic rings. The maximum absolute atomic E-state index is 12.1. The lowest BCUT2D eigenvalue weighted by Gasteiger charge is -2.38. The van der Waals surface area contributed by atoms with Gasteiger partial charge >= 0.3 is 0 Å². The largest absolute Gasteiger partial charge is 0.346 e. The van der Waals surface area contributed by atoms with Crippen LogP contribution in [0.4, 0.5) is 0 Å². The van der Waals surface area contributed by atoms with Crippen LogP contribution in [0.1, 0.15) is 25.8 Å². The van der Waals surface area contributed by atoms with Crippen molar-refractivity contribution in [3.63, 3.8) is 0 Å². The van der Waals surface area contributed by atoms with Crippen LogP contribution in [0.2, 0.25) is 0 Å². The minimum Gasteiger partial charge on any atom is -0.346 e. The Labute approximate surface area is 139 Å². The molecular weight excluding hydrogens is 302 g/mol. The molecule has 0 unspecified atom stereocenters. The molecule has 24 heavy (non-hydrogen) atoms. The molecule has 0 spiro atoms. The molecule has 1 aliphatic heterocycles. The smallest absolute Gasteiger partial charge is 0.236 e. The van der Waals surface area contributed by atoms with Gasteiger partial charge in [0, 0.05) is 42.5 Å². The summed E-state index contributed by atoms with van der Waals surface area (Å²) in [6, 6.07) is 6.30. The zero-order valence-electron chi connectivity index (χ0n) is 13.6. The highest BCUT2D eigenvalue weighted by atomic mass is 16.2. The Kier molecular flexibility index (Phi) is 3.49. The zero-order chi connectivity index (χ0) is 16.7. The number of amides is 1. The lowest BCUT2D eigenvalue weighted by molar-refractivity contribution is -0.132. The quantitative estimate of drug-likeness (QED) is 0.788. The lowest BCUT2D eigenvalue weighted by Crippen LogP contribution is -2.43. The number of likely N-dealkylation sites (tertiary alicyclic amines) is 1. The van der Waals surface area contributed by atoms with Gasteiger partial charge in [0.05, 0.1) is 17.6 Å². The number of carbonyl (C=O) groups is 1. The lowest BCUT2D eigenvalue weighted by atomic mass is 9.93. The van der Waals surface area contributed by atoms with Crippen molar-refractivity contribution in [2.24, 2.45) is 5.92 Å². The number of carbonyl (C=O) groups excluding carboxylic acids is 1.